The summed E-state index contributed by atoms with van der Waals surface area (Å²) in [6.45, 7) is 0. The molecule has 1 atom stereocenters. The van der Waals surface area contributed by atoms with E-state index in [1.165, 1.54) is 10.4 Å². The highest BCUT2D eigenvalue weighted by Crippen LogP contribution is 2.40. The van der Waals surface area contributed by atoms with Crippen LogP contribution in [-0.4, -0.2) is 13.1 Å². The summed E-state index contributed by atoms with van der Waals surface area (Å²) >= 11 is 1.71. The SMILES string of the molecule is COc1ccc(C(=O)OC2c3ccccc3Cc3sccc32)cc1. The van der Waals surface area contributed by atoms with Crippen molar-refractivity contribution in [3.63, 3.8) is 0 Å². The van der Waals surface area contributed by atoms with Crippen LogP contribution in [0.15, 0.2) is 60.0 Å². The van der Waals surface area contributed by atoms with Gasteiger partial charge in [0.2, 0.25) is 0 Å². The van der Waals surface area contributed by atoms with Gasteiger partial charge in [0, 0.05) is 22.4 Å². The summed E-state index contributed by atoms with van der Waals surface area (Å²) in [5.41, 5.74) is 3.92. The highest BCUT2D eigenvalue weighted by Gasteiger charge is 2.29. The smallest absolute Gasteiger partial charge is 0.339 e. The van der Waals surface area contributed by atoms with Gasteiger partial charge in [-0.1, -0.05) is 24.3 Å². The molecule has 0 fully saturated rings. The van der Waals surface area contributed by atoms with Gasteiger partial charge in [-0.25, -0.2) is 4.79 Å². The summed E-state index contributed by atoms with van der Waals surface area (Å²) in [5.74, 6) is 0.395. The molecule has 120 valence electrons. The zero-order valence-electron chi connectivity index (χ0n) is 13.2. The molecule has 4 heteroatoms. The second-order valence-electron chi connectivity index (χ2n) is 5.69. The minimum Gasteiger partial charge on any atom is -0.497 e. The van der Waals surface area contributed by atoms with Crippen molar-refractivity contribution in [3.8, 4) is 5.75 Å². The van der Waals surface area contributed by atoms with E-state index < -0.39 is 0 Å². The lowest BCUT2D eigenvalue weighted by atomic mass is 9.89. The Bertz CT molecular complexity index is 880. The maximum Gasteiger partial charge on any atom is 0.339 e. The summed E-state index contributed by atoms with van der Waals surface area (Å²) in [5, 5.41) is 2.06. The molecule has 0 radical (unpaired) electrons. The molecule has 3 aromatic rings. The van der Waals surface area contributed by atoms with Crippen molar-refractivity contribution in [2.45, 2.75) is 12.5 Å². The number of esters is 1. The maximum atomic E-state index is 12.6. The van der Waals surface area contributed by atoms with Crippen LogP contribution in [0.1, 0.15) is 38.0 Å². The molecule has 1 aromatic heterocycles. The van der Waals surface area contributed by atoms with Crippen molar-refractivity contribution in [1.82, 2.24) is 0 Å². The molecule has 3 nitrogen and oxygen atoms in total. The van der Waals surface area contributed by atoms with Crippen molar-refractivity contribution in [2.75, 3.05) is 7.11 Å². The first-order chi connectivity index (χ1) is 11.8. The summed E-state index contributed by atoms with van der Waals surface area (Å²) in [6.07, 6.45) is 0.561. The average Bonchev–Trinajstić information content (AvgIpc) is 3.10. The predicted molar refractivity (Wildman–Crippen MR) is 93.8 cm³/mol. The van der Waals surface area contributed by atoms with Crippen molar-refractivity contribution < 1.29 is 14.3 Å². The number of hydrogen-bond donors (Lipinski definition) is 0. The molecule has 0 saturated heterocycles. The molecular formula is C20H16O3S. The van der Waals surface area contributed by atoms with Gasteiger partial charge in [-0.15, -0.1) is 11.3 Å². The minimum atomic E-state index is -0.342. The monoisotopic (exact) mass is 336 g/mol. The fraction of sp³-hybridized carbons (Fsp3) is 0.150. The number of thiophene rings is 1. The standard InChI is InChI=1S/C20H16O3S/c1-22-15-8-6-13(7-9-15)20(21)23-19-16-5-3-2-4-14(16)12-18-17(19)10-11-24-18/h2-11,19H,12H2,1H3. The topological polar surface area (TPSA) is 35.5 Å². The first-order valence-electron chi connectivity index (χ1n) is 7.75. The van der Waals surface area contributed by atoms with Crippen LogP contribution in [0.25, 0.3) is 0 Å². The maximum absolute atomic E-state index is 12.6. The Morgan fingerprint density at radius 3 is 2.62 bits per heavy atom. The third-order valence-corrected chi connectivity index (χ3v) is 5.24. The van der Waals surface area contributed by atoms with E-state index in [1.807, 2.05) is 18.2 Å². The highest BCUT2D eigenvalue weighted by atomic mass is 32.1. The van der Waals surface area contributed by atoms with Gasteiger partial charge in [0.1, 0.15) is 5.75 Å². The first-order valence-corrected chi connectivity index (χ1v) is 8.63. The molecule has 0 bridgehead atoms. The van der Waals surface area contributed by atoms with E-state index in [1.54, 1.807) is 42.7 Å². The van der Waals surface area contributed by atoms with E-state index in [2.05, 4.69) is 17.5 Å². The highest BCUT2D eigenvalue weighted by molar-refractivity contribution is 7.10. The third kappa shape index (κ3) is 2.59. The van der Waals surface area contributed by atoms with Gasteiger partial charge in [-0.05, 0) is 41.3 Å². The van der Waals surface area contributed by atoms with Crippen LogP contribution < -0.4 is 4.74 Å². The lowest BCUT2D eigenvalue weighted by Crippen LogP contribution is -2.18. The molecule has 1 unspecified atom stereocenters. The van der Waals surface area contributed by atoms with Gasteiger partial charge in [-0.3, -0.25) is 0 Å². The molecule has 1 aliphatic rings. The van der Waals surface area contributed by atoms with Crippen LogP contribution in [0.5, 0.6) is 5.75 Å². The summed E-state index contributed by atoms with van der Waals surface area (Å²) in [7, 11) is 1.60. The third-order valence-electron chi connectivity index (χ3n) is 4.30. The number of carbonyl (C=O) groups is 1. The van der Waals surface area contributed by atoms with Gasteiger partial charge >= 0.3 is 5.97 Å². The van der Waals surface area contributed by atoms with Gasteiger partial charge in [-0.2, -0.15) is 0 Å². The van der Waals surface area contributed by atoms with Crippen LogP contribution in [0.2, 0.25) is 0 Å². The molecule has 0 amide bonds. The Morgan fingerprint density at radius 1 is 1.04 bits per heavy atom. The quantitative estimate of drug-likeness (QED) is 0.655. The van der Waals surface area contributed by atoms with Crippen LogP contribution >= 0.6 is 11.3 Å². The zero-order valence-corrected chi connectivity index (χ0v) is 14.0. The van der Waals surface area contributed by atoms with E-state index in [0.29, 0.717) is 5.56 Å². The van der Waals surface area contributed by atoms with Crippen molar-refractivity contribution >= 4 is 17.3 Å². The average molecular weight is 336 g/mol. The molecule has 0 spiro atoms. The Labute approximate surface area is 144 Å². The van der Waals surface area contributed by atoms with E-state index in [-0.39, 0.29) is 12.1 Å². The Kier molecular flexibility index (Phi) is 3.82. The van der Waals surface area contributed by atoms with E-state index in [9.17, 15) is 4.79 Å². The second-order valence-corrected chi connectivity index (χ2v) is 6.69. The minimum absolute atomic E-state index is 0.323. The van der Waals surface area contributed by atoms with Crippen LogP contribution in [0.3, 0.4) is 0 Å². The molecule has 0 saturated carbocycles. The van der Waals surface area contributed by atoms with Crippen molar-refractivity contribution in [3.05, 3.63) is 87.1 Å². The molecule has 1 aliphatic carbocycles. The molecule has 0 N–H and O–H groups in total. The fourth-order valence-corrected chi connectivity index (χ4v) is 3.98. The lowest BCUT2D eigenvalue weighted by molar-refractivity contribution is 0.0373. The van der Waals surface area contributed by atoms with Gasteiger partial charge in [0.25, 0.3) is 0 Å². The Morgan fingerprint density at radius 2 is 1.83 bits per heavy atom. The van der Waals surface area contributed by atoms with Crippen LogP contribution in [0.4, 0.5) is 0 Å². The summed E-state index contributed by atoms with van der Waals surface area (Å²) < 4.78 is 11.0. The molecule has 2 aromatic carbocycles. The number of hydrogen-bond acceptors (Lipinski definition) is 4. The molecule has 4 rings (SSSR count). The Balaban J connectivity index is 1.66. The van der Waals surface area contributed by atoms with E-state index >= 15 is 0 Å². The normalized spacial score (nSPS) is 15.3. The fourth-order valence-electron chi connectivity index (χ4n) is 3.05. The largest absolute Gasteiger partial charge is 0.497 e. The van der Waals surface area contributed by atoms with Crippen molar-refractivity contribution in [2.24, 2.45) is 0 Å². The van der Waals surface area contributed by atoms with Crippen LogP contribution in [-0.2, 0) is 11.2 Å². The van der Waals surface area contributed by atoms with Crippen LogP contribution in [0, 0.1) is 0 Å². The number of carbonyl (C=O) groups excluding carboxylic acids is 1. The lowest BCUT2D eigenvalue weighted by Gasteiger charge is -2.26. The molecule has 0 aliphatic heterocycles. The van der Waals surface area contributed by atoms with Gasteiger partial charge in [0.05, 0.1) is 12.7 Å². The molecule has 24 heavy (non-hydrogen) atoms. The van der Waals surface area contributed by atoms with E-state index in [0.717, 1.165) is 23.3 Å². The number of fused-ring (bicyclic) bond motifs is 2. The van der Waals surface area contributed by atoms with Crippen molar-refractivity contribution in [1.29, 1.82) is 0 Å². The Hall–Kier alpha value is -2.59. The number of methoxy groups -OCH3 is 1. The number of benzene rings is 2. The zero-order chi connectivity index (χ0) is 16.5. The second kappa shape index (κ2) is 6.13. The number of rotatable bonds is 3. The summed E-state index contributed by atoms with van der Waals surface area (Å²) in [4.78, 5) is 13.9. The molecule has 1 heterocycles. The summed E-state index contributed by atoms with van der Waals surface area (Å²) in [6, 6.07) is 17.2. The predicted octanol–water partition coefficient (Wildman–Crippen LogP) is 4.61. The van der Waals surface area contributed by atoms with Gasteiger partial charge < -0.3 is 9.47 Å². The van der Waals surface area contributed by atoms with E-state index in [4.69, 9.17) is 9.47 Å². The molecular weight excluding hydrogens is 320 g/mol. The van der Waals surface area contributed by atoms with Gasteiger partial charge in [0.15, 0.2) is 6.10 Å². The first kappa shape index (κ1) is 15.0. The number of ether oxygens (including phenoxy) is 2.